The van der Waals surface area contributed by atoms with Crippen LogP contribution in [0.15, 0.2) is 31.0 Å². The number of aromatic amines is 1. The van der Waals surface area contributed by atoms with Gasteiger partial charge < -0.3 is 5.32 Å². The fourth-order valence-corrected chi connectivity index (χ4v) is 2.64. The van der Waals surface area contributed by atoms with Gasteiger partial charge in [-0.2, -0.15) is 5.10 Å². The van der Waals surface area contributed by atoms with E-state index in [4.69, 9.17) is 0 Å². The second-order valence-corrected chi connectivity index (χ2v) is 5.24. The molecule has 3 aromatic heterocycles. The van der Waals surface area contributed by atoms with Crippen LogP contribution in [0.4, 0.5) is 0 Å². The van der Waals surface area contributed by atoms with E-state index in [2.05, 4.69) is 30.7 Å². The maximum Gasteiger partial charge on any atom is 0.253 e. The van der Waals surface area contributed by atoms with Crippen LogP contribution in [-0.2, 0) is 5.54 Å². The van der Waals surface area contributed by atoms with Crippen molar-refractivity contribution in [3.63, 3.8) is 0 Å². The Morgan fingerprint density at radius 2 is 2.29 bits per heavy atom. The average Bonchev–Trinajstić information content (AvgIpc) is 3.12. The highest BCUT2D eigenvalue weighted by Crippen LogP contribution is 2.39. The Morgan fingerprint density at radius 3 is 3.00 bits per heavy atom. The molecule has 0 unspecified atom stereocenters. The van der Waals surface area contributed by atoms with Gasteiger partial charge >= 0.3 is 0 Å². The van der Waals surface area contributed by atoms with Crippen molar-refractivity contribution in [2.75, 3.05) is 0 Å². The molecule has 3 heterocycles. The van der Waals surface area contributed by atoms with Gasteiger partial charge in [0.25, 0.3) is 5.91 Å². The summed E-state index contributed by atoms with van der Waals surface area (Å²) in [6.45, 7) is 0. The zero-order valence-corrected chi connectivity index (χ0v) is 11.2. The molecule has 2 N–H and O–H groups in total. The monoisotopic (exact) mass is 283 g/mol. The second kappa shape index (κ2) is 4.37. The van der Waals surface area contributed by atoms with Crippen LogP contribution in [0.5, 0.6) is 0 Å². The van der Waals surface area contributed by atoms with Crippen molar-refractivity contribution in [2.24, 2.45) is 0 Å². The van der Waals surface area contributed by atoms with Gasteiger partial charge in [-0.3, -0.25) is 14.3 Å². The number of H-pyrrole nitrogens is 1. The zero-order chi connectivity index (χ0) is 14.3. The topological polar surface area (TPSA) is 101 Å². The molecular weight excluding hydrogens is 270 g/mol. The Labute approximate surface area is 119 Å². The van der Waals surface area contributed by atoms with Crippen LogP contribution in [-0.4, -0.2) is 35.7 Å². The lowest BCUT2D eigenvalue weighted by Crippen LogP contribution is -2.51. The summed E-state index contributed by atoms with van der Waals surface area (Å²) in [5.41, 5.74) is 0.851. The van der Waals surface area contributed by atoms with E-state index in [1.54, 1.807) is 29.1 Å². The van der Waals surface area contributed by atoms with Crippen LogP contribution in [0.3, 0.4) is 0 Å². The lowest BCUT2D eigenvalue weighted by atomic mass is 9.76. The third-order valence-corrected chi connectivity index (χ3v) is 3.98. The van der Waals surface area contributed by atoms with Gasteiger partial charge in [-0.05, 0) is 31.4 Å². The molecule has 0 saturated heterocycles. The molecule has 1 saturated carbocycles. The van der Waals surface area contributed by atoms with E-state index in [1.165, 1.54) is 6.33 Å². The number of hydrogen-bond acceptors (Lipinski definition) is 5. The number of pyridine rings is 1. The van der Waals surface area contributed by atoms with E-state index in [0.29, 0.717) is 17.0 Å². The van der Waals surface area contributed by atoms with Gasteiger partial charge in [-0.25, -0.2) is 4.98 Å². The van der Waals surface area contributed by atoms with Crippen molar-refractivity contribution in [3.05, 3.63) is 42.4 Å². The van der Waals surface area contributed by atoms with E-state index in [9.17, 15) is 4.79 Å². The van der Waals surface area contributed by atoms with Crippen LogP contribution in [0.25, 0.3) is 5.65 Å². The fraction of sp³-hybridized carbons (Fsp3) is 0.308. The van der Waals surface area contributed by atoms with Gasteiger partial charge in [0.1, 0.15) is 18.5 Å². The predicted molar refractivity (Wildman–Crippen MR) is 72.4 cm³/mol. The fourth-order valence-electron chi connectivity index (χ4n) is 2.64. The smallest absolute Gasteiger partial charge is 0.253 e. The number of nitrogens with one attached hydrogen (secondary N) is 2. The van der Waals surface area contributed by atoms with E-state index in [1.807, 2.05) is 0 Å². The van der Waals surface area contributed by atoms with Crippen LogP contribution in [0, 0.1) is 0 Å². The number of aromatic nitrogens is 6. The summed E-state index contributed by atoms with van der Waals surface area (Å²) in [6, 6.07) is 3.51. The highest BCUT2D eigenvalue weighted by molar-refractivity contribution is 5.94. The first kappa shape index (κ1) is 12.0. The highest BCUT2D eigenvalue weighted by atomic mass is 16.1. The summed E-state index contributed by atoms with van der Waals surface area (Å²) in [4.78, 5) is 16.7. The standard InChI is InChI=1S/C13H13N7O/c21-11(9-2-3-10-18-16-8-20(10)6-9)17-13(4-1-5-13)12-14-7-15-19-12/h2-3,6-8H,1,4-5H2,(H,17,21)(H,14,15,19). The zero-order valence-electron chi connectivity index (χ0n) is 11.2. The Hall–Kier alpha value is -2.77. The molecule has 106 valence electrons. The lowest BCUT2D eigenvalue weighted by molar-refractivity contribution is 0.0809. The SMILES string of the molecule is O=C(NC1(c2ncn[nH]2)CCC1)c1ccc2nncn2c1. The third-order valence-electron chi connectivity index (χ3n) is 3.98. The van der Waals surface area contributed by atoms with Crippen molar-refractivity contribution in [1.82, 2.24) is 35.1 Å². The highest BCUT2D eigenvalue weighted by Gasteiger charge is 2.42. The summed E-state index contributed by atoms with van der Waals surface area (Å²) < 4.78 is 1.72. The van der Waals surface area contributed by atoms with Gasteiger partial charge in [0.05, 0.1) is 11.1 Å². The van der Waals surface area contributed by atoms with Crippen molar-refractivity contribution >= 4 is 11.6 Å². The molecule has 4 rings (SSSR count). The molecule has 1 aliphatic carbocycles. The molecule has 1 fully saturated rings. The van der Waals surface area contributed by atoms with Gasteiger partial charge in [-0.1, -0.05) is 0 Å². The summed E-state index contributed by atoms with van der Waals surface area (Å²) in [7, 11) is 0. The Balaban J connectivity index is 1.62. The molecule has 21 heavy (non-hydrogen) atoms. The molecule has 1 amide bonds. The number of carbonyl (C=O) groups excluding carboxylic acids is 1. The van der Waals surface area contributed by atoms with Crippen LogP contribution in [0.1, 0.15) is 35.4 Å². The molecule has 0 aliphatic heterocycles. The molecule has 3 aromatic rings. The second-order valence-electron chi connectivity index (χ2n) is 5.24. The molecular formula is C13H13N7O. The number of carbonyl (C=O) groups is 1. The summed E-state index contributed by atoms with van der Waals surface area (Å²) >= 11 is 0. The maximum atomic E-state index is 12.5. The minimum Gasteiger partial charge on any atom is -0.339 e. The minimum absolute atomic E-state index is 0.137. The number of nitrogens with zero attached hydrogens (tertiary/aromatic N) is 5. The molecule has 1 aliphatic rings. The average molecular weight is 283 g/mol. The van der Waals surface area contributed by atoms with Gasteiger partial charge in [0.15, 0.2) is 5.65 Å². The molecule has 0 aromatic carbocycles. The first-order chi connectivity index (χ1) is 10.3. The van der Waals surface area contributed by atoms with Gasteiger partial charge in [-0.15, -0.1) is 10.2 Å². The Kier molecular flexibility index (Phi) is 2.50. The molecule has 8 nitrogen and oxygen atoms in total. The van der Waals surface area contributed by atoms with Crippen molar-refractivity contribution in [1.29, 1.82) is 0 Å². The molecule has 0 spiro atoms. The van der Waals surface area contributed by atoms with Crippen LogP contribution >= 0.6 is 0 Å². The maximum absolute atomic E-state index is 12.5. The van der Waals surface area contributed by atoms with Crippen molar-refractivity contribution in [3.8, 4) is 0 Å². The van der Waals surface area contributed by atoms with E-state index in [0.717, 1.165) is 19.3 Å². The molecule has 0 bridgehead atoms. The Morgan fingerprint density at radius 1 is 1.38 bits per heavy atom. The summed E-state index contributed by atoms with van der Waals surface area (Å²) in [6.07, 6.45) is 7.54. The van der Waals surface area contributed by atoms with Crippen LogP contribution < -0.4 is 5.32 Å². The lowest BCUT2D eigenvalue weighted by Gasteiger charge is -2.40. The summed E-state index contributed by atoms with van der Waals surface area (Å²) in [5.74, 6) is 0.578. The van der Waals surface area contributed by atoms with Crippen molar-refractivity contribution < 1.29 is 4.79 Å². The predicted octanol–water partition coefficient (Wildman–Crippen LogP) is 0.657. The number of amides is 1. The van der Waals surface area contributed by atoms with E-state index >= 15 is 0 Å². The summed E-state index contributed by atoms with van der Waals surface area (Å²) in [5, 5.41) is 17.5. The molecule has 0 atom stereocenters. The normalized spacial score (nSPS) is 16.6. The molecule has 8 heteroatoms. The number of hydrogen-bond donors (Lipinski definition) is 2. The minimum atomic E-state index is -0.421. The quantitative estimate of drug-likeness (QED) is 0.735. The number of rotatable bonds is 3. The number of fused-ring (bicyclic) bond motifs is 1. The largest absolute Gasteiger partial charge is 0.339 e. The first-order valence-electron chi connectivity index (χ1n) is 6.75. The van der Waals surface area contributed by atoms with Crippen molar-refractivity contribution in [2.45, 2.75) is 24.8 Å². The van der Waals surface area contributed by atoms with Crippen LogP contribution in [0.2, 0.25) is 0 Å². The van der Waals surface area contributed by atoms with Gasteiger partial charge in [0, 0.05) is 6.20 Å². The third kappa shape index (κ3) is 1.87. The van der Waals surface area contributed by atoms with E-state index < -0.39 is 5.54 Å². The Bertz CT molecular complexity index is 788. The molecule has 0 radical (unpaired) electrons. The van der Waals surface area contributed by atoms with Gasteiger partial charge in [0.2, 0.25) is 0 Å². The first-order valence-corrected chi connectivity index (χ1v) is 6.75. The van der Waals surface area contributed by atoms with E-state index in [-0.39, 0.29) is 5.91 Å².